The molecule has 1 N–H and O–H groups in total. The molecule has 132 valence electrons. The van der Waals surface area contributed by atoms with Crippen LogP contribution in [0.15, 0.2) is 65.1 Å². The maximum atomic E-state index is 10.9. The second-order valence-electron chi connectivity index (χ2n) is 5.56. The molecule has 0 fully saturated rings. The lowest BCUT2D eigenvalue weighted by Gasteiger charge is -1.99. The van der Waals surface area contributed by atoms with Crippen molar-refractivity contribution < 1.29 is 19.2 Å². The Morgan fingerprint density at radius 3 is 2.22 bits per heavy atom. The van der Waals surface area contributed by atoms with Crippen LogP contribution in [-0.2, 0) is 0 Å². The lowest BCUT2D eigenvalue weighted by atomic mass is 10.1. The number of allylic oxidation sites excluding steroid dienone is 1. The molecule has 3 aromatic rings. The van der Waals surface area contributed by atoms with Gasteiger partial charge in [-0.3, -0.25) is 10.1 Å². The van der Waals surface area contributed by atoms with Crippen molar-refractivity contribution in [2.45, 2.75) is 0 Å². The SMILES string of the molecule is N#C/C(=C/c1ccc(-c2ccc(C(=O)O)cc2)o1)c1ccc([N+](=O)[O-])cc1. The van der Waals surface area contributed by atoms with Crippen molar-refractivity contribution in [3.05, 3.63) is 87.7 Å². The van der Waals surface area contributed by atoms with Gasteiger partial charge in [-0.15, -0.1) is 0 Å². The van der Waals surface area contributed by atoms with Gasteiger partial charge in [-0.05, 0) is 48.0 Å². The largest absolute Gasteiger partial charge is 0.478 e. The third kappa shape index (κ3) is 3.91. The van der Waals surface area contributed by atoms with Crippen LogP contribution in [0.5, 0.6) is 0 Å². The van der Waals surface area contributed by atoms with Crippen LogP contribution in [0, 0.1) is 21.4 Å². The van der Waals surface area contributed by atoms with Crippen LogP contribution in [0.1, 0.15) is 21.7 Å². The fourth-order valence-corrected chi connectivity index (χ4v) is 2.45. The smallest absolute Gasteiger partial charge is 0.335 e. The van der Waals surface area contributed by atoms with Crippen molar-refractivity contribution in [2.24, 2.45) is 0 Å². The first-order valence-corrected chi connectivity index (χ1v) is 7.78. The van der Waals surface area contributed by atoms with Crippen molar-refractivity contribution in [1.82, 2.24) is 0 Å². The van der Waals surface area contributed by atoms with E-state index >= 15 is 0 Å². The van der Waals surface area contributed by atoms with Gasteiger partial charge in [0, 0.05) is 17.7 Å². The number of rotatable bonds is 5. The predicted molar refractivity (Wildman–Crippen MR) is 97.7 cm³/mol. The van der Waals surface area contributed by atoms with Crippen molar-refractivity contribution in [3.8, 4) is 17.4 Å². The van der Waals surface area contributed by atoms with E-state index in [0.29, 0.717) is 28.2 Å². The summed E-state index contributed by atoms with van der Waals surface area (Å²) < 4.78 is 5.70. The molecule has 0 aliphatic heterocycles. The number of carboxylic acid groups (broad SMARTS) is 1. The van der Waals surface area contributed by atoms with Crippen LogP contribution < -0.4 is 0 Å². The van der Waals surface area contributed by atoms with E-state index in [2.05, 4.69) is 6.07 Å². The zero-order valence-corrected chi connectivity index (χ0v) is 13.8. The van der Waals surface area contributed by atoms with Crippen LogP contribution in [0.4, 0.5) is 5.69 Å². The van der Waals surface area contributed by atoms with Crippen LogP contribution in [-0.4, -0.2) is 16.0 Å². The molecule has 0 unspecified atom stereocenters. The molecule has 7 nitrogen and oxygen atoms in total. The van der Waals surface area contributed by atoms with Gasteiger partial charge in [-0.2, -0.15) is 5.26 Å². The number of benzene rings is 2. The average molecular weight is 360 g/mol. The Balaban J connectivity index is 1.87. The first-order chi connectivity index (χ1) is 13.0. The van der Waals surface area contributed by atoms with Gasteiger partial charge in [0.15, 0.2) is 0 Å². The van der Waals surface area contributed by atoms with Crippen molar-refractivity contribution in [3.63, 3.8) is 0 Å². The fourth-order valence-electron chi connectivity index (χ4n) is 2.45. The molecule has 3 rings (SSSR count). The fraction of sp³-hybridized carbons (Fsp3) is 0. The molecule has 7 heteroatoms. The zero-order chi connectivity index (χ0) is 19.4. The second kappa shape index (κ2) is 7.37. The van der Waals surface area contributed by atoms with E-state index in [4.69, 9.17) is 9.52 Å². The van der Waals surface area contributed by atoms with Gasteiger partial charge in [0.25, 0.3) is 5.69 Å². The molecule has 0 atom stereocenters. The Morgan fingerprint density at radius 1 is 1.04 bits per heavy atom. The van der Waals surface area contributed by atoms with E-state index < -0.39 is 10.9 Å². The number of carboxylic acids is 1. The first kappa shape index (κ1) is 17.6. The van der Waals surface area contributed by atoms with Gasteiger partial charge in [0.05, 0.1) is 22.1 Å². The van der Waals surface area contributed by atoms with E-state index in [1.807, 2.05) is 0 Å². The summed E-state index contributed by atoms with van der Waals surface area (Å²) in [6.45, 7) is 0. The molecule has 0 saturated carbocycles. The summed E-state index contributed by atoms with van der Waals surface area (Å²) in [6, 6.07) is 17.3. The Labute approximate surface area is 153 Å². The number of hydrogen-bond acceptors (Lipinski definition) is 5. The number of hydrogen-bond donors (Lipinski definition) is 1. The molecule has 27 heavy (non-hydrogen) atoms. The summed E-state index contributed by atoms with van der Waals surface area (Å²) in [5, 5.41) is 29.0. The van der Waals surface area contributed by atoms with Crippen LogP contribution >= 0.6 is 0 Å². The number of nitrogens with zero attached hydrogens (tertiary/aromatic N) is 2. The maximum absolute atomic E-state index is 10.9. The number of nitro groups is 1. The minimum Gasteiger partial charge on any atom is -0.478 e. The molecule has 0 amide bonds. The number of carbonyl (C=O) groups is 1. The topological polar surface area (TPSA) is 117 Å². The highest BCUT2D eigenvalue weighted by atomic mass is 16.6. The van der Waals surface area contributed by atoms with Crippen molar-refractivity contribution in [2.75, 3.05) is 0 Å². The van der Waals surface area contributed by atoms with Gasteiger partial charge in [0.1, 0.15) is 11.5 Å². The summed E-state index contributed by atoms with van der Waals surface area (Å²) in [5.74, 6) is -0.0484. The lowest BCUT2D eigenvalue weighted by Crippen LogP contribution is -1.94. The van der Waals surface area contributed by atoms with E-state index in [9.17, 15) is 20.2 Å². The monoisotopic (exact) mass is 360 g/mol. The van der Waals surface area contributed by atoms with Crippen molar-refractivity contribution in [1.29, 1.82) is 5.26 Å². The summed E-state index contributed by atoms with van der Waals surface area (Å²) >= 11 is 0. The molecule has 0 saturated heterocycles. The number of aromatic carboxylic acids is 1. The van der Waals surface area contributed by atoms with Gasteiger partial charge < -0.3 is 9.52 Å². The first-order valence-electron chi connectivity index (χ1n) is 7.78. The maximum Gasteiger partial charge on any atom is 0.335 e. The van der Waals surface area contributed by atoms with Crippen LogP contribution in [0.2, 0.25) is 0 Å². The highest BCUT2D eigenvalue weighted by molar-refractivity contribution is 5.89. The van der Waals surface area contributed by atoms with Gasteiger partial charge >= 0.3 is 5.97 Å². The average Bonchev–Trinajstić information content (AvgIpc) is 3.15. The second-order valence-corrected chi connectivity index (χ2v) is 5.56. The van der Waals surface area contributed by atoms with E-state index in [-0.39, 0.29) is 11.3 Å². The molecule has 2 aromatic carbocycles. The minimum atomic E-state index is -1.01. The molecule has 0 bridgehead atoms. The molecule has 0 aliphatic carbocycles. The van der Waals surface area contributed by atoms with Crippen molar-refractivity contribution >= 4 is 23.3 Å². The summed E-state index contributed by atoms with van der Waals surface area (Å²) in [7, 11) is 0. The highest BCUT2D eigenvalue weighted by Gasteiger charge is 2.09. The molecule has 0 radical (unpaired) electrons. The van der Waals surface area contributed by atoms with Crippen LogP contribution in [0.3, 0.4) is 0 Å². The Morgan fingerprint density at radius 2 is 1.67 bits per heavy atom. The third-order valence-electron chi connectivity index (χ3n) is 3.84. The molecule has 0 aliphatic rings. The summed E-state index contributed by atoms with van der Waals surface area (Å²) in [5.41, 5.74) is 1.66. The quantitative estimate of drug-likeness (QED) is 0.403. The molecule has 1 heterocycles. The number of furan rings is 1. The van der Waals surface area contributed by atoms with E-state index in [1.165, 1.54) is 42.5 Å². The van der Waals surface area contributed by atoms with Gasteiger partial charge in [0.2, 0.25) is 0 Å². The molecule has 0 spiro atoms. The molecular formula is C20H12N2O5. The predicted octanol–water partition coefficient (Wildman–Crippen LogP) is 4.62. The Bertz CT molecular complexity index is 1070. The minimum absolute atomic E-state index is 0.0545. The van der Waals surface area contributed by atoms with Gasteiger partial charge in [-0.1, -0.05) is 12.1 Å². The van der Waals surface area contributed by atoms with Gasteiger partial charge in [-0.25, -0.2) is 4.79 Å². The zero-order valence-electron chi connectivity index (χ0n) is 13.8. The summed E-state index contributed by atoms with van der Waals surface area (Å²) in [6.07, 6.45) is 1.54. The normalized spacial score (nSPS) is 11.0. The number of non-ortho nitro benzene ring substituents is 1. The number of nitriles is 1. The Kier molecular flexibility index (Phi) is 4.82. The summed E-state index contributed by atoms with van der Waals surface area (Å²) in [4.78, 5) is 21.1. The lowest BCUT2D eigenvalue weighted by molar-refractivity contribution is -0.384. The Hall–Kier alpha value is -4.18. The third-order valence-corrected chi connectivity index (χ3v) is 3.84. The van der Waals surface area contributed by atoms with Crippen LogP contribution in [0.25, 0.3) is 23.0 Å². The van der Waals surface area contributed by atoms with E-state index in [0.717, 1.165) is 0 Å². The van der Waals surface area contributed by atoms with E-state index in [1.54, 1.807) is 24.3 Å². The standard InChI is InChI=1S/C20H12N2O5/c21-12-16(13-5-7-17(8-6-13)22(25)26)11-18-9-10-19(27-18)14-1-3-15(4-2-14)20(23)24/h1-11H,(H,23,24)/b16-11-. The highest BCUT2D eigenvalue weighted by Crippen LogP contribution is 2.26. The molecular weight excluding hydrogens is 348 g/mol. The molecule has 1 aromatic heterocycles. The number of nitro benzene ring substituents is 1.